The van der Waals surface area contributed by atoms with Crippen LogP contribution in [0.1, 0.15) is 59.4 Å². The van der Waals surface area contributed by atoms with Crippen molar-refractivity contribution in [1.29, 1.82) is 0 Å². The Balaban J connectivity index is 1.60. The zero-order valence-electron chi connectivity index (χ0n) is 16.5. The zero-order chi connectivity index (χ0) is 20.4. The van der Waals surface area contributed by atoms with Gasteiger partial charge in [-0.1, -0.05) is 0 Å². The van der Waals surface area contributed by atoms with E-state index in [-0.39, 0.29) is 28.5 Å². The minimum atomic E-state index is -0.609. The molecular formula is C19H21N7O3. The quantitative estimate of drug-likeness (QED) is 0.679. The van der Waals surface area contributed by atoms with Crippen molar-refractivity contribution in [3.8, 4) is 0 Å². The van der Waals surface area contributed by atoms with Gasteiger partial charge in [-0.15, -0.1) is 0 Å². The first-order chi connectivity index (χ1) is 13.8. The number of hydrogen-bond donors (Lipinski definition) is 1. The molecule has 1 atom stereocenters. The number of aromatic nitrogens is 6. The van der Waals surface area contributed by atoms with Crippen molar-refractivity contribution in [2.75, 3.05) is 6.54 Å². The molecule has 0 saturated heterocycles. The largest absolute Gasteiger partial charge is 0.329 e. The predicted molar refractivity (Wildman–Crippen MR) is 104 cm³/mol. The van der Waals surface area contributed by atoms with Crippen LogP contribution in [0.2, 0.25) is 0 Å². The van der Waals surface area contributed by atoms with Crippen LogP contribution in [-0.4, -0.2) is 46.7 Å². The van der Waals surface area contributed by atoms with Gasteiger partial charge in [-0.05, 0) is 32.8 Å². The van der Waals surface area contributed by atoms with E-state index in [1.807, 2.05) is 11.6 Å². The standard InChI is InChI=1S/C19H21N7O3/c1-9-8-12(13-16(20-9)24(3)19(29)22-17(13)27)18(28)25-6-7-26-15(10(25)2)21-14(23-26)11-4-5-11/h8,10-11H,4-7H2,1-3H3,(H,22,27,29)/t10-/m1/s1. The van der Waals surface area contributed by atoms with Crippen LogP contribution in [0.4, 0.5) is 0 Å². The average molecular weight is 395 g/mol. The molecule has 0 spiro atoms. The van der Waals surface area contributed by atoms with E-state index >= 15 is 0 Å². The molecule has 0 unspecified atom stereocenters. The highest BCUT2D eigenvalue weighted by Gasteiger charge is 2.35. The van der Waals surface area contributed by atoms with E-state index in [4.69, 9.17) is 0 Å². The number of amides is 1. The summed E-state index contributed by atoms with van der Waals surface area (Å²) in [5, 5.41) is 4.72. The number of carbonyl (C=O) groups excluding carboxylic acids is 1. The number of aromatic amines is 1. The third-order valence-electron chi connectivity index (χ3n) is 5.74. The van der Waals surface area contributed by atoms with Gasteiger partial charge in [0.25, 0.3) is 11.5 Å². The van der Waals surface area contributed by atoms with Crippen molar-refractivity contribution in [2.45, 2.75) is 45.2 Å². The molecule has 10 nitrogen and oxygen atoms in total. The molecule has 1 aliphatic heterocycles. The Bertz CT molecular complexity index is 1280. The van der Waals surface area contributed by atoms with Crippen LogP contribution in [-0.2, 0) is 13.6 Å². The molecule has 1 fully saturated rings. The highest BCUT2D eigenvalue weighted by molar-refractivity contribution is 6.05. The Morgan fingerprint density at radius 1 is 1.21 bits per heavy atom. The minimum absolute atomic E-state index is 0.126. The third-order valence-corrected chi connectivity index (χ3v) is 5.74. The molecule has 1 saturated carbocycles. The van der Waals surface area contributed by atoms with E-state index in [1.54, 1.807) is 17.9 Å². The van der Waals surface area contributed by atoms with Crippen LogP contribution in [0.25, 0.3) is 11.0 Å². The number of hydrogen-bond acceptors (Lipinski definition) is 6. The molecule has 2 aliphatic rings. The molecule has 29 heavy (non-hydrogen) atoms. The summed E-state index contributed by atoms with van der Waals surface area (Å²) in [5.41, 5.74) is -0.170. The lowest BCUT2D eigenvalue weighted by Crippen LogP contribution is -2.42. The molecule has 10 heteroatoms. The van der Waals surface area contributed by atoms with Crippen molar-refractivity contribution in [2.24, 2.45) is 7.05 Å². The van der Waals surface area contributed by atoms with Gasteiger partial charge in [-0.3, -0.25) is 19.1 Å². The second-order valence-electron chi connectivity index (χ2n) is 7.83. The van der Waals surface area contributed by atoms with Gasteiger partial charge in [-0.25, -0.2) is 19.4 Å². The lowest BCUT2D eigenvalue weighted by Gasteiger charge is -2.33. The number of fused-ring (bicyclic) bond motifs is 2. The Morgan fingerprint density at radius 2 is 1.97 bits per heavy atom. The number of carbonyl (C=O) groups is 1. The Kier molecular flexibility index (Phi) is 3.74. The topological polar surface area (TPSA) is 119 Å². The SMILES string of the molecule is Cc1cc(C(=O)N2CCn3nc(C4CC4)nc3[C@H]2C)c2c(=O)[nH]c(=O)n(C)c2n1. The summed E-state index contributed by atoms with van der Waals surface area (Å²) in [6.07, 6.45) is 2.23. The number of aryl methyl sites for hydroxylation is 2. The molecule has 1 aliphatic carbocycles. The average Bonchev–Trinajstić information content (AvgIpc) is 3.44. The number of nitrogens with one attached hydrogen (secondary N) is 1. The van der Waals surface area contributed by atoms with Crippen molar-refractivity contribution in [1.82, 2.24) is 34.2 Å². The van der Waals surface area contributed by atoms with Crippen molar-refractivity contribution in [3.63, 3.8) is 0 Å². The maximum Gasteiger partial charge on any atom is 0.329 e. The van der Waals surface area contributed by atoms with Gasteiger partial charge in [0.1, 0.15) is 11.5 Å². The Morgan fingerprint density at radius 3 is 2.69 bits per heavy atom. The first-order valence-corrected chi connectivity index (χ1v) is 9.71. The van der Waals surface area contributed by atoms with Gasteiger partial charge in [0, 0.05) is 25.2 Å². The molecule has 0 aromatic carbocycles. The smallest absolute Gasteiger partial charge is 0.327 e. The van der Waals surface area contributed by atoms with E-state index < -0.39 is 11.2 Å². The van der Waals surface area contributed by atoms with Gasteiger partial charge in [0.15, 0.2) is 5.82 Å². The number of rotatable bonds is 2. The van der Waals surface area contributed by atoms with Gasteiger partial charge >= 0.3 is 5.69 Å². The second kappa shape index (κ2) is 6.10. The molecule has 1 N–H and O–H groups in total. The summed E-state index contributed by atoms with van der Waals surface area (Å²) in [6.45, 7) is 4.68. The number of pyridine rings is 1. The van der Waals surface area contributed by atoms with Gasteiger partial charge in [0.2, 0.25) is 0 Å². The predicted octanol–water partition coefficient (Wildman–Crippen LogP) is 0.616. The molecule has 3 aromatic rings. The van der Waals surface area contributed by atoms with E-state index in [0.29, 0.717) is 24.7 Å². The normalized spacial score (nSPS) is 18.9. The van der Waals surface area contributed by atoms with E-state index in [2.05, 4.69) is 20.1 Å². The third kappa shape index (κ3) is 2.70. The Labute approximate surface area is 165 Å². The van der Waals surface area contributed by atoms with E-state index in [1.165, 1.54) is 11.6 Å². The van der Waals surface area contributed by atoms with Crippen molar-refractivity contribution in [3.05, 3.63) is 49.8 Å². The second-order valence-corrected chi connectivity index (χ2v) is 7.83. The maximum atomic E-state index is 13.5. The first kappa shape index (κ1) is 17.8. The Hall–Kier alpha value is -3.30. The van der Waals surface area contributed by atoms with E-state index in [9.17, 15) is 14.4 Å². The molecule has 150 valence electrons. The molecule has 1 amide bonds. The fourth-order valence-electron chi connectivity index (χ4n) is 3.96. The molecule has 5 rings (SSSR count). The molecule has 0 radical (unpaired) electrons. The van der Waals surface area contributed by atoms with Gasteiger partial charge < -0.3 is 4.90 Å². The van der Waals surface area contributed by atoms with Crippen LogP contribution >= 0.6 is 0 Å². The van der Waals surface area contributed by atoms with Crippen LogP contribution in [0.3, 0.4) is 0 Å². The lowest BCUT2D eigenvalue weighted by atomic mass is 10.1. The summed E-state index contributed by atoms with van der Waals surface area (Å²) >= 11 is 0. The first-order valence-electron chi connectivity index (χ1n) is 9.71. The fourth-order valence-corrected chi connectivity index (χ4v) is 3.96. The maximum absolute atomic E-state index is 13.5. The summed E-state index contributed by atoms with van der Waals surface area (Å²) in [4.78, 5) is 50.9. The zero-order valence-corrected chi connectivity index (χ0v) is 16.5. The fraction of sp³-hybridized carbons (Fsp3) is 0.474. The highest BCUT2D eigenvalue weighted by Crippen LogP contribution is 2.39. The summed E-state index contributed by atoms with van der Waals surface area (Å²) < 4.78 is 3.13. The lowest BCUT2D eigenvalue weighted by molar-refractivity contribution is 0.0632. The highest BCUT2D eigenvalue weighted by atomic mass is 16.2. The monoisotopic (exact) mass is 395 g/mol. The van der Waals surface area contributed by atoms with Crippen LogP contribution in [0.5, 0.6) is 0 Å². The summed E-state index contributed by atoms with van der Waals surface area (Å²) in [6, 6.07) is 1.33. The molecule has 4 heterocycles. The van der Waals surface area contributed by atoms with Crippen LogP contribution in [0, 0.1) is 6.92 Å². The summed E-state index contributed by atoms with van der Waals surface area (Å²) in [7, 11) is 1.52. The number of H-pyrrole nitrogens is 1. The molecule has 3 aromatic heterocycles. The van der Waals surface area contributed by atoms with Gasteiger partial charge in [0.05, 0.1) is 23.5 Å². The molecular weight excluding hydrogens is 374 g/mol. The van der Waals surface area contributed by atoms with Crippen LogP contribution < -0.4 is 11.2 Å². The van der Waals surface area contributed by atoms with Crippen molar-refractivity contribution < 1.29 is 4.79 Å². The van der Waals surface area contributed by atoms with Crippen LogP contribution in [0.15, 0.2) is 15.7 Å². The van der Waals surface area contributed by atoms with Crippen molar-refractivity contribution >= 4 is 16.9 Å². The van der Waals surface area contributed by atoms with Gasteiger partial charge in [-0.2, -0.15) is 5.10 Å². The number of nitrogens with zero attached hydrogens (tertiary/aromatic N) is 6. The molecule has 0 bridgehead atoms. The summed E-state index contributed by atoms with van der Waals surface area (Å²) in [5.74, 6) is 1.79. The van der Waals surface area contributed by atoms with E-state index in [0.717, 1.165) is 24.5 Å². The minimum Gasteiger partial charge on any atom is -0.327 e.